The molecule has 4 nitrogen and oxygen atoms in total. The van der Waals surface area contributed by atoms with E-state index in [1.807, 2.05) is 0 Å². The molecular weight excluding hydrogens is 372 g/mol. The molecule has 0 amide bonds. The largest absolute Gasteiger partial charge is 0.743 e. The third-order valence-electron chi connectivity index (χ3n) is 5.62. The highest BCUT2D eigenvalue weighted by Gasteiger charge is 2.36. The van der Waals surface area contributed by atoms with Crippen LogP contribution in [-0.4, -0.2) is 48.9 Å². The second kappa shape index (κ2) is 15.6. The van der Waals surface area contributed by atoms with Gasteiger partial charge in [0, 0.05) is 6.42 Å². The molecule has 0 aromatic rings. The molecule has 0 bridgehead atoms. The number of hydrogen-bond donors (Lipinski definition) is 0. The van der Waals surface area contributed by atoms with Crippen LogP contribution in [0.25, 0.3) is 0 Å². The van der Waals surface area contributed by atoms with Gasteiger partial charge < -0.3 is 9.04 Å². The van der Waals surface area contributed by atoms with Gasteiger partial charge in [0.05, 0.1) is 26.2 Å². The summed E-state index contributed by atoms with van der Waals surface area (Å²) < 4.78 is 57.4. The van der Waals surface area contributed by atoms with E-state index in [-0.39, 0.29) is 6.42 Å². The summed E-state index contributed by atoms with van der Waals surface area (Å²) in [5.41, 5.74) is 0. The zero-order valence-corrected chi connectivity index (χ0v) is 19.1. The van der Waals surface area contributed by atoms with Crippen LogP contribution in [0.1, 0.15) is 98.8 Å². The van der Waals surface area contributed by atoms with E-state index in [1.165, 1.54) is 56.3 Å². The maximum Gasteiger partial charge on any atom is 0.334 e. The second-order valence-corrected chi connectivity index (χ2v) is 8.78. The van der Waals surface area contributed by atoms with E-state index in [0.717, 1.165) is 19.3 Å². The molecule has 0 heterocycles. The van der Waals surface area contributed by atoms with Crippen LogP contribution in [0.3, 0.4) is 0 Å². The molecule has 27 heavy (non-hydrogen) atoms. The van der Waals surface area contributed by atoms with Crippen LogP contribution < -0.4 is 0 Å². The highest BCUT2D eigenvalue weighted by atomic mass is 32.2. The van der Waals surface area contributed by atoms with Gasteiger partial charge in [0.2, 0.25) is 0 Å². The van der Waals surface area contributed by atoms with Crippen molar-refractivity contribution in [3.63, 3.8) is 0 Å². The number of quaternary nitrogens is 1. The van der Waals surface area contributed by atoms with Gasteiger partial charge in [-0.15, -0.1) is 0 Å². The van der Waals surface area contributed by atoms with Gasteiger partial charge in [-0.3, -0.25) is 0 Å². The van der Waals surface area contributed by atoms with E-state index in [9.17, 15) is 21.8 Å². The maximum absolute atomic E-state index is 12.7. The van der Waals surface area contributed by atoms with Gasteiger partial charge in [-0.05, 0) is 34.1 Å². The summed E-state index contributed by atoms with van der Waals surface area (Å²) in [6, 6.07) is 0. The lowest BCUT2D eigenvalue weighted by atomic mass is 10.1. The van der Waals surface area contributed by atoms with Gasteiger partial charge in [0.15, 0.2) is 10.1 Å². The monoisotopic (exact) mass is 415 g/mol. The standard InChI is InChI=1S/C12H24F2O3S.C8H20N/c1-2-3-4-5-6-7-8-9-10-11-12(13,14)18(15,16)17;1-5-9(6-2,7-3)8-4/h2-11H2,1H3,(H,15,16,17);5-8H2,1-4H3/q;+1/p-1. The van der Waals surface area contributed by atoms with Crippen molar-refractivity contribution in [3.05, 3.63) is 0 Å². The summed E-state index contributed by atoms with van der Waals surface area (Å²) in [7, 11) is -5.49. The van der Waals surface area contributed by atoms with Crippen molar-refractivity contribution >= 4 is 10.1 Å². The number of rotatable bonds is 15. The summed E-state index contributed by atoms with van der Waals surface area (Å²) >= 11 is 0. The van der Waals surface area contributed by atoms with Crippen LogP contribution in [0.15, 0.2) is 0 Å². The fourth-order valence-corrected chi connectivity index (χ4v) is 3.50. The smallest absolute Gasteiger partial charge is 0.334 e. The average molecular weight is 416 g/mol. The van der Waals surface area contributed by atoms with E-state index in [1.54, 1.807) is 0 Å². The predicted octanol–water partition coefficient (Wildman–Crippen LogP) is 5.93. The first kappa shape index (κ1) is 28.9. The minimum absolute atomic E-state index is 0.0867. The lowest BCUT2D eigenvalue weighted by molar-refractivity contribution is -0.921. The Hall–Kier alpha value is -0.270. The summed E-state index contributed by atoms with van der Waals surface area (Å²) in [5.74, 6) is 0. The molecule has 0 aliphatic carbocycles. The van der Waals surface area contributed by atoms with Gasteiger partial charge in [0.25, 0.3) is 0 Å². The van der Waals surface area contributed by atoms with E-state index in [2.05, 4.69) is 34.6 Å². The molecular formula is C20H43F2NO3S. The summed E-state index contributed by atoms with van der Waals surface area (Å²) in [6.07, 6.45) is 7.49. The molecule has 0 aliphatic heterocycles. The Labute approximate surface area is 167 Å². The van der Waals surface area contributed by atoms with Crippen molar-refractivity contribution in [2.45, 2.75) is 104 Å². The molecule has 0 atom stereocenters. The Kier molecular flexibility index (Phi) is 16.7. The Morgan fingerprint density at radius 2 is 1.04 bits per heavy atom. The third-order valence-corrected chi connectivity index (χ3v) is 6.56. The molecule has 0 rings (SSSR count). The predicted molar refractivity (Wildman–Crippen MR) is 109 cm³/mol. The van der Waals surface area contributed by atoms with Crippen molar-refractivity contribution in [1.29, 1.82) is 0 Å². The molecule has 0 aromatic heterocycles. The van der Waals surface area contributed by atoms with Gasteiger partial charge in [-0.2, -0.15) is 8.78 Å². The molecule has 0 radical (unpaired) electrons. The Balaban J connectivity index is 0. The molecule has 0 unspecified atom stereocenters. The van der Waals surface area contributed by atoms with Crippen LogP contribution in [-0.2, 0) is 10.1 Å². The van der Waals surface area contributed by atoms with Crippen molar-refractivity contribution in [3.8, 4) is 0 Å². The van der Waals surface area contributed by atoms with Crippen LogP contribution in [0, 0.1) is 0 Å². The van der Waals surface area contributed by atoms with Gasteiger partial charge in [-0.1, -0.05) is 58.3 Å². The number of hydrogen-bond acceptors (Lipinski definition) is 3. The molecule has 0 spiro atoms. The summed E-state index contributed by atoms with van der Waals surface area (Å²) in [6.45, 7) is 16.4. The highest BCUT2D eigenvalue weighted by molar-refractivity contribution is 7.86. The van der Waals surface area contributed by atoms with Crippen molar-refractivity contribution in [1.82, 2.24) is 0 Å². The molecule has 0 aromatic carbocycles. The van der Waals surface area contributed by atoms with Crippen molar-refractivity contribution in [2.24, 2.45) is 0 Å². The first-order valence-electron chi connectivity index (χ1n) is 10.7. The van der Waals surface area contributed by atoms with Crippen LogP contribution in [0.2, 0.25) is 0 Å². The molecule has 0 N–H and O–H groups in total. The zero-order valence-electron chi connectivity index (χ0n) is 18.2. The summed E-state index contributed by atoms with van der Waals surface area (Å²) in [4.78, 5) is 0. The maximum atomic E-state index is 12.7. The molecule has 7 heteroatoms. The van der Waals surface area contributed by atoms with Gasteiger partial charge in [-0.25, -0.2) is 8.42 Å². The third kappa shape index (κ3) is 13.5. The van der Waals surface area contributed by atoms with Crippen LogP contribution >= 0.6 is 0 Å². The number of nitrogens with zero attached hydrogens (tertiary/aromatic N) is 1. The zero-order chi connectivity index (χ0) is 21.4. The quantitative estimate of drug-likeness (QED) is 0.189. The van der Waals surface area contributed by atoms with E-state index >= 15 is 0 Å². The van der Waals surface area contributed by atoms with Crippen molar-refractivity contribution in [2.75, 3.05) is 26.2 Å². The van der Waals surface area contributed by atoms with Crippen molar-refractivity contribution < 1.29 is 26.2 Å². The van der Waals surface area contributed by atoms with E-state index in [4.69, 9.17) is 0 Å². The van der Waals surface area contributed by atoms with Gasteiger partial charge >= 0.3 is 5.25 Å². The molecule has 0 saturated heterocycles. The SMILES string of the molecule is CCCCCCCCCCCC(F)(F)S(=O)(=O)[O-].CC[N+](CC)(CC)CC. The molecule has 166 valence electrons. The Bertz CT molecular complexity index is 421. The number of unbranched alkanes of at least 4 members (excludes halogenated alkanes) is 8. The lowest BCUT2D eigenvalue weighted by Gasteiger charge is -2.34. The van der Waals surface area contributed by atoms with Gasteiger partial charge in [0.1, 0.15) is 0 Å². The first-order chi connectivity index (χ1) is 12.6. The Morgan fingerprint density at radius 1 is 0.704 bits per heavy atom. The number of alkyl halides is 2. The Morgan fingerprint density at radius 3 is 1.30 bits per heavy atom. The van der Waals surface area contributed by atoms with E-state index in [0.29, 0.717) is 6.42 Å². The van der Waals surface area contributed by atoms with E-state index < -0.39 is 21.8 Å². The number of halogens is 2. The minimum Gasteiger partial charge on any atom is -0.743 e. The second-order valence-electron chi connectivity index (χ2n) is 7.28. The van der Waals surface area contributed by atoms with Crippen LogP contribution in [0.4, 0.5) is 8.78 Å². The summed E-state index contributed by atoms with van der Waals surface area (Å²) in [5, 5.41) is -4.10. The molecule has 0 aliphatic rings. The first-order valence-corrected chi connectivity index (χ1v) is 12.1. The molecule has 0 fully saturated rings. The fraction of sp³-hybridized carbons (Fsp3) is 1.00. The lowest BCUT2D eigenvalue weighted by Crippen LogP contribution is -2.47. The highest BCUT2D eigenvalue weighted by Crippen LogP contribution is 2.27. The van der Waals surface area contributed by atoms with Crippen LogP contribution in [0.5, 0.6) is 0 Å². The normalized spacial score (nSPS) is 12.6. The average Bonchev–Trinajstić information content (AvgIpc) is 2.62. The fourth-order valence-electron chi connectivity index (χ4n) is 3.11. The topological polar surface area (TPSA) is 57.2 Å². The molecule has 0 saturated carbocycles. The minimum atomic E-state index is -5.49.